The molecule has 1 atom stereocenters. The average molecular weight is 296 g/mol. The second-order valence-electron chi connectivity index (χ2n) is 5.71. The molecule has 5 nitrogen and oxygen atoms in total. The number of carboxylic acid groups (broad SMARTS) is 1. The molecule has 21 heavy (non-hydrogen) atoms. The van der Waals surface area contributed by atoms with Crippen molar-refractivity contribution >= 4 is 12.1 Å². The summed E-state index contributed by atoms with van der Waals surface area (Å²) >= 11 is 0. The van der Waals surface area contributed by atoms with Crippen molar-refractivity contribution in [2.24, 2.45) is 0 Å². The summed E-state index contributed by atoms with van der Waals surface area (Å²) in [4.78, 5) is 22.4. The molecule has 1 N–H and O–H groups in total. The maximum absolute atomic E-state index is 13.6. The summed E-state index contributed by atoms with van der Waals surface area (Å²) < 4.78 is 18.6. The lowest BCUT2D eigenvalue weighted by atomic mass is 10.0. The fourth-order valence-corrected chi connectivity index (χ4v) is 1.78. The lowest BCUT2D eigenvalue weighted by Crippen LogP contribution is -2.43. The molecule has 6 heteroatoms. The summed E-state index contributed by atoms with van der Waals surface area (Å²) in [7, 11) is 0. The van der Waals surface area contributed by atoms with Gasteiger partial charge in [-0.3, -0.25) is 0 Å². The molecule has 0 fully saturated rings. The number of nitrogens with one attached hydrogen (secondary N) is 1. The molecule has 0 saturated carbocycles. The van der Waals surface area contributed by atoms with Crippen molar-refractivity contribution in [2.45, 2.75) is 45.3 Å². The average Bonchev–Trinajstić information content (AvgIpc) is 2.28. The number of hydrogen-bond acceptors (Lipinski definition) is 4. The Labute approximate surface area is 123 Å². The van der Waals surface area contributed by atoms with E-state index >= 15 is 0 Å². The highest BCUT2D eigenvalue weighted by atomic mass is 19.1. The molecule has 0 aliphatic rings. The van der Waals surface area contributed by atoms with E-state index in [4.69, 9.17) is 4.74 Å². The van der Waals surface area contributed by atoms with Crippen LogP contribution in [0.25, 0.3) is 0 Å². The molecular weight excluding hydrogens is 277 g/mol. The molecule has 116 valence electrons. The predicted molar refractivity (Wildman–Crippen MR) is 72.9 cm³/mol. The van der Waals surface area contributed by atoms with Gasteiger partial charge in [-0.25, -0.2) is 9.18 Å². The SMILES string of the molecule is CC(C)(C)OC(=O)N[C@H](CC(=O)[O-])Cc1ccccc1F. The number of hydrogen-bond donors (Lipinski definition) is 1. The van der Waals surface area contributed by atoms with Gasteiger partial charge in [-0.2, -0.15) is 0 Å². The van der Waals surface area contributed by atoms with E-state index in [1.807, 2.05) is 0 Å². The van der Waals surface area contributed by atoms with Gasteiger partial charge in [-0.05, 0) is 38.8 Å². The predicted octanol–water partition coefficient (Wildman–Crippen LogP) is 1.40. The minimum atomic E-state index is -1.33. The summed E-state index contributed by atoms with van der Waals surface area (Å²) in [6, 6.07) is 5.19. The van der Waals surface area contributed by atoms with E-state index in [2.05, 4.69) is 5.32 Å². The van der Waals surface area contributed by atoms with Gasteiger partial charge in [0.25, 0.3) is 0 Å². The van der Waals surface area contributed by atoms with Crippen LogP contribution in [0.2, 0.25) is 0 Å². The van der Waals surface area contributed by atoms with Crippen molar-refractivity contribution in [3.8, 4) is 0 Å². The Morgan fingerprint density at radius 3 is 2.48 bits per heavy atom. The van der Waals surface area contributed by atoms with E-state index in [-0.39, 0.29) is 6.42 Å². The molecule has 0 bridgehead atoms. The van der Waals surface area contributed by atoms with Crippen molar-refractivity contribution in [1.82, 2.24) is 5.32 Å². The Morgan fingerprint density at radius 2 is 1.95 bits per heavy atom. The van der Waals surface area contributed by atoms with Crippen molar-refractivity contribution in [2.75, 3.05) is 0 Å². The topological polar surface area (TPSA) is 78.5 Å². The Hall–Kier alpha value is -2.11. The second-order valence-corrected chi connectivity index (χ2v) is 5.71. The fourth-order valence-electron chi connectivity index (χ4n) is 1.78. The largest absolute Gasteiger partial charge is 0.550 e. The number of amides is 1. The number of ether oxygens (including phenoxy) is 1. The van der Waals surface area contributed by atoms with Gasteiger partial charge in [0.1, 0.15) is 11.4 Å². The van der Waals surface area contributed by atoms with Crippen LogP contribution in [-0.4, -0.2) is 23.7 Å². The van der Waals surface area contributed by atoms with Crippen LogP contribution in [0.4, 0.5) is 9.18 Å². The van der Waals surface area contributed by atoms with Gasteiger partial charge in [0, 0.05) is 18.4 Å². The molecule has 0 heterocycles. The van der Waals surface area contributed by atoms with Gasteiger partial charge < -0.3 is 20.0 Å². The highest BCUT2D eigenvalue weighted by molar-refractivity contribution is 5.70. The molecule has 1 amide bonds. The first-order valence-electron chi connectivity index (χ1n) is 6.60. The van der Waals surface area contributed by atoms with Gasteiger partial charge in [-0.1, -0.05) is 18.2 Å². The maximum atomic E-state index is 13.6. The first-order valence-corrected chi connectivity index (χ1v) is 6.60. The number of carboxylic acids is 1. The van der Waals surface area contributed by atoms with Crippen LogP contribution < -0.4 is 10.4 Å². The summed E-state index contributed by atoms with van der Waals surface area (Å²) in [5.74, 6) is -1.78. The van der Waals surface area contributed by atoms with Crippen molar-refractivity contribution < 1.29 is 23.8 Å². The number of aliphatic carboxylic acids is 1. The number of halogens is 1. The van der Waals surface area contributed by atoms with Crippen molar-refractivity contribution in [3.63, 3.8) is 0 Å². The molecule has 0 aliphatic heterocycles. The van der Waals surface area contributed by atoms with Crippen LogP contribution in [0, 0.1) is 5.82 Å². The lowest BCUT2D eigenvalue weighted by Gasteiger charge is -2.24. The number of carbonyl (C=O) groups excluding carboxylic acids is 2. The molecule has 0 saturated heterocycles. The van der Waals surface area contributed by atoms with Gasteiger partial charge in [-0.15, -0.1) is 0 Å². The van der Waals surface area contributed by atoms with Crippen LogP contribution in [0.15, 0.2) is 24.3 Å². The lowest BCUT2D eigenvalue weighted by molar-refractivity contribution is -0.306. The Morgan fingerprint density at radius 1 is 1.33 bits per heavy atom. The Bertz CT molecular complexity index is 511. The third kappa shape index (κ3) is 6.74. The van der Waals surface area contributed by atoms with Crippen LogP contribution >= 0.6 is 0 Å². The molecule has 0 aliphatic carbocycles. The molecule has 1 aromatic rings. The van der Waals surface area contributed by atoms with E-state index in [9.17, 15) is 19.1 Å². The first-order chi connectivity index (χ1) is 9.67. The zero-order valence-electron chi connectivity index (χ0n) is 12.3. The minimum absolute atomic E-state index is 0.0416. The Balaban J connectivity index is 2.75. The number of rotatable bonds is 5. The van der Waals surface area contributed by atoms with Gasteiger partial charge in [0.15, 0.2) is 0 Å². The van der Waals surface area contributed by atoms with Gasteiger partial charge in [0.05, 0.1) is 0 Å². The fraction of sp³-hybridized carbons (Fsp3) is 0.467. The molecule has 0 aromatic heterocycles. The third-order valence-corrected chi connectivity index (χ3v) is 2.56. The van der Waals surface area contributed by atoms with E-state index in [0.29, 0.717) is 5.56 Å². The normalized spacial score (nSPS) is 12.6. The smallest absolute Gasteiger partial charge is 0.407 e. The first kappa shape index (κ1) is 16.9. The molecule has 1 aromatic carbocycles. The third-order valence-electron chi connectivity index (χ3n) is 2.56. The highest BCUT2D eigenvalue weighted by Crippen LogP contribution is 2.12. The van der Waals surface area contributed by atoms with Crippen LogP contribution in [-0.2, 0) is 16.0 Å². The highest BCUT2D eigenvalue weighted by Gasteiger charge is 2.20. The van der Waals surface area contributed by atoms with E-state index < -0.39 is 35.9 Å². The van der Waals surface area contributed by atoms with E-state index in [1.165, 1.54) is 18.2 Å². The maximum Gasteiger partial charge on any atom is 0.407 e. The van der Waals surface area contributed by atoms with E-state index in [0.717, 1.165) is 0 Å². The summed E-state index contributed by atoms with van der Waals surface area (Å²) in [5, 5.41) is 13.2. The zero-order valence-corrected chi connectivity index (χ0v) is 12.3. The van der Waals surface area contributed by atoms with Gasteiger partial charge in [0.2, 0.25) is 0 Å². The molecule has 0 unspecified atom stereocenters. The van der Waals surface area contributed by atoms with E-state index in [1.54, 1.807) is 26.8 Å². The van der Waals surface area contributed by atoms with Crippen molar-refractivity contribution in [1.29, 1.82) is 0 Å². The monoisotopic (exact) mass is 296 g/mol. The molecule has 0 radical (unpaired) electrons. The van der Waals surface area contributed by atoms with Gasteiger partial charge >= 0.3 is 6.09 Å². The second kappa shape index (κ2) is 7.06. The summed E-state index contributed by atoms with van der Waals surface area (Å²) in [6.07, 6.45) is -1.13. The summed E-state index contributed by atoms with van der Waals surface area (Å²) in [5.41, 5.74) is -0.381. The van der Waals surface area contributed by atoms with Crippen molar-refractivity contribution in [3.05, 3.63) is 35.6 Å². The zero-order chi connectivity index (χ0) is 16.0. The quantitative estimate of drug-likeness (QED) is 0.891. The van der Waals surface area contributed by atoms with Crippen LogP contribution in [0.5, 0.6) is 0 Å². The molecule has 0 spiro atoms. The summed E-state index contributed by atoms with van der Waals surface area (Å²) in [6.45, 7) is 5.08. The van der Waals surface area contributed by atoms with Crippen LogP contribution in [0.3, 0.4) is 0 Å². The number of benzene rings is 1. The number of alkyl carbamates (subject to hydrolysis) is 1. The minimum Gasteiger partial charge on any atom is -0.550 e. The Kier molecular flexibility index (Phi) is 5.69. The van der Waals surface area contributed by atoms with Crippen LogP contribution in [0.1, 0.15) is 32.8 Å². The molecule has 1 rings (SSSR count). The standard InChI is InChI=1S/C15H20FNO4/c1-15(2,3)21-14(20)17-11(9-13(18)19)8-10-6-4-5-7-12(10)16/h4-7,11H,8-9H2,1-3H3,(H,17,20)(H,18,19)/p-1/t11-/m0/s1. The molecular formula is C15H19FNO4-. The number of carbonyl (C=O) groups is 2.